The molecule has 0 aromatic carbocycles. The van der Waals surface area contributed by atoms with Crippen LogP contribution in [0.25, 0.3) is 0 Å². The lowest BCUT2D eigenvalue weighted by molar-refractivity contribution is 0.178. The van der Waals surface area contributed by atoms with Crippen LogP contribution in [0.5, 0.6) is 0 Å². The largest absolute Gasteiger partial charge is 0.385 e. The van der Waals surface area contributed by atoms with E-state index in [9.17, 15) is 0 Å². The highest BCUT2D eigenvalue weighted by Gasteiger charge is 2.24. The van der Waals surface area contributed by atoms with E-state index in [1.54, 1.807) is 7.11 Å². The summed E-state index contributed by atoms with van der Waals surface area (Å²) in [6.07, 6.45) is 9.11. The first-order valence-electron chi connectivity index (χ1n) is 6.52. The molecule has 1 fully saturated rings. The van der Waals surface area contributed by atoms with Crippen molar-refractivity contribution in [3.05, 3.63) is 0 Å². The second kappa shape index (κ2) is 7.24. The number of nitrogens with two attached hydrogens (primary N) is 1. The van der Waals surface area contributed by atoms with Crippen LogP contribution in [0.3, 0.4) is 0 Å². The second-order valence-electron chi connectivity index (χ2n) is 4.99. The molecule has 2 nitrogen and oxygen atoms in total. The van der Waals surface area contributed by atoms with Gasteiger partial charge in [0.1, 0.15) is 0 Å². The quantitative estimate of drug-likeness (QED) is 0.688. The minimum atomic E-state index is 0.415. The lowest BCUT2D eigenvalue weighted by atomic mass is 9.77. The summed E-state index contributed by atoms with van der Waals surface area (Å²) in [6, 6.07) is 0.415. The monoisotopic (exact) mass is 213 g/mol. The number of methoxy groups -OCH3 is 1. The zero-order valence-corrected chi connectivity index (χ0v) is 10.4. The van der Waals surface area contributed by atoms with Gasteiger partial charge in [-0.3, -0.25) is 0 Å². The van der Waals surface area contributed by atoms with Crippen molar-refractivity contribution in [2.24, 2.45) is 17.6 Å². The molecule has 0 spiro atoms. The van der Waals surface area contributed by atoms with E-state index in [1.807, 2.05) is 0 Å². The van der Waals surface area contributed by atoms with Crippen LogP contribution >= 0.6 is 0 Å². The summed E-state index contributed by atoms with van der Waals surface area (Å²) in [5.41, 5.74) is 6.22. The molecule has 1 aliphatic carbocycles. The molecule has 1 rings (SSSR count). The van der Waals surface area contributed by atoms with E-state index in [4.69, 9.17) is 10.5 Å². The molecular formula is C13H27NO. The molecule has 90 valence electrons. The van der Waals surface area contributed by atoms with Gasteiger partial charge < -0.3 is 10.5 Å². The molecule has 1 saturated carbocycles. The first kappa shape index (κ1) is 13.0. The molecule has 1 aliphatic rings. The van der Waals surface area contributed by atoms with Crippen LogP contribution in [-0.4, -0.2) is 19.8 Å². The maximum Gasteiger partial charge on any atom is 0.0462 e. The van der Waals surface area contributed by atoms with Gasteiger partial charge >= 0.3 is 0 Å². The number of hydrogen-bond acceptors (Lipinski definition) is 2. The molecule has 2 N–H and O–H groups in total. The Bertz CT molecular complexity index is 153. The minimum Gasteiger partial charge on any atom is -0.385 e. The fourth-order valence-corrected chi connectivity index (χ4v) is 2.72. The molecule has 0 aliphatic heterocycles. The third-order valence-electron chi connectivity index (χ3n) is 3.96. The van der Waals surface area contributed by atoms with Crippen LogP contribution in [0.4, 0.5) is 0 Å². The van der Waals surface area contributed by atoms with E-state index >= 15 is 0 Å². The summed E-state index contributed by atoms with van der Waals surface area (Å²) in [4.78, 5) is 0. The first-order valence-corrected chi connectivity index (χ1v) is 6.52. The van der Waals surface area contributed by atoms with Crippen LogP contribution in [0.1, 0.15) is 51.9 Å². The van der Waals surface area contributed by atoms with E-state index in [0.29, 0.717) is 6.04 Å². The highest BCUT2D eigenvalue weighted by Crippen LogP contribution is 2.32. The van der Waals surface area contributed by atoms with Crippen LogP contribution in [0, 0.1) is 11.8 Å². The van der Waals surface area contributed by atoms with Gasteiger partial charge in [-0.25, -0.2) is 0 Å². The van der Waals surface area contributed by atoms with Gasteiger partial charge in [0.05, 0.1) is 0 Å². The maximum absolute atomic E-state index is 6.22. The molecule has 1 unspecified atom stereocenters. The van der Waals surface area contributed by atoms with Gasteiger partial charge in [0.25, 0.3) is 0 Å². The summed E-state index contributed by atoms with van der Waals surface area (Å²) >= 11 is 0. The van der Waals surface area contributed by atoms with Gasteiger partial charge in [-0.15, -0.1) is 0 Å². The highest BCUT2D eigenvalue weighted by atomic mass is 16.5. The Hall–Kier alpha value is -0.0800. The lowest BCUT2D eigenvalue weighted by Gasteiger charge is -2.31. The van der Waals surface area contributed by atoms with Crippen LogP contribution in [0.15, 0.2) is 0 Å². The van der Waals surface area contributed by atoms with Crippen molar-refractivity contribution in [2.45, 2.75) is 57.9 Å². The Morgan fingerprint density at radius 2 is 1.93 bits per heavy atom. The molecule has 0 saturated heterocycles. The van der Waals surface area contributed by atoms with Gasteiger partial charge in [-0.1, -0.05) is 26.2 Å². The topological polar surface area (TPSA) is 35.2 Å². The third kappa shape index (κ3) is 4.52. The zero-order chi connectivity index (χ0) is 11.1. The Kier molecular flexibility index (Phi) is 6.26. The number of rotatable bonds is 6. The van der Waals surface area contributed by atoms with E-state index in [1.165, 1.54) is 32.1 Å². The fourth-order valence-electron chi connectivity index (χ4n) is 2.72. The summed E-state index contributed by atoms with van der Waals surface area (Å²) < 4.78 is 5.06. The standard InChI is InChI=1S/C13H27NO/c1-3-11-6-8-12(9-7-11)13(14)5-4-10-15-2/h11-13H,3-10,14H2,1-2H3. The third-order valence-corrected chi connectivity index (χ3v) is 3.96. The summed E-state index contributed by atoms with van der Waals surface area (Å²) in [5.74, 6) is 1.76. The lowest BCUT2D eigenvalue weighted by Crippen LogP contribution is -2.33. The molecule has 0 bridgehead atoms. The molecule has 2 heteroatoms. The molecule has 15 heavy (non-hydrogen) atoms. The van der Waals surface area contributed by atoms with Crippen molar-refractivity contribution >= 4 is 0 Å². The average Bonchev–Trinajstić information content (AvgIpc) is 2.29. The first-order chi connectivity index (χ1) is 7.27. The van der Waals surface area contributed by atoms with E-state index in [-0.39, 0.29) is 0 Å². The maximum atomic E-state index is 6.22. The van der Waals surface area contributed by atoms with Gasteiger partial charge in [0.15, 0.2) is 0 Å². The van der Waals surface area contributed by atoms with Gasteiger partial charge in [0.2, 0.25) is 0 Å². The van der Waals surface area contributed by atoms with E-state index in [0.717, 1.165) is 31.3 Å². The van der Waals surface area contributed by atoms with Gasteiger partial charge in [0, 0.05) is 19.8 Å². The van der Waals surface area contributed by atoms with Crippen LogP contribution < -0.4 is 5.73 Å². The van der Waals surface area contributed by atoms with Crippen LogP contribution in [0.2, 0.25) is 0 Å². The van der Waals surface area contributed by atoms with E-state index in [2.05, 4.69) is 6.92 Å². The van der Waals surface area contributed by atoms with Crippen molar-refractivity contribution in [3.8, 4) is 0 Å². The predicted octanol–water partition coefficient (Wildman–Crippen LogP) is 2.96. The van der Waals surface area contributed by atoms with E-state index < -0.39 is 0 Å². The molecule has 0 heterocycles. The van der Waals surface area contributed by atoms with Gasteiger partial charge in [-0.05, 0) is 37.5 Å². The van der Waals surface area contributed by atoms with Crippen molar-refractivity contribution in [3.63, 3.8) is 0 Å². The van der Waals surface area contributed by atoms with Crippen LogP contribution in [-0.2, 0) is 4.74 Å². The van der Waals surface area contributed by atoms with Crippen molar-refractivity contribution in [1.29, 1.82) is 0 Å². The predicted molar refractivity (Wildman–Crippen MR) is 64.8 cm³/mol. The zero-order valence-electron chi connectivity index (χ0n) is 10.4. The van der Waals surface area contributed by atoms with Crippen molar-refractivity contribution in [2.75, 3.05) is 13.7 Å². The Morgan fingerprint density at radius 1 is 1.27 bits per heavy atom. The normalized spacial score (nSPS) is 29.0. The van der Waals surface area contributed by atoms with Crippen molar-refractivity contribution in [1.82, 2.24) is 0 Å². The smallest absolute Gasteiger partial charge is 0.0462 e. The summed E-state index contributed by atoms with van der Waals surface area (Å²) in [6.45, 7) is 3.17. The molecule has 0 amide bonds. The minimum absolute atomic E-state index is 0.415. The molecule has 0 aromatic rings. The molecule has 0 radical (unpaired) electrons. The highest BCUT2D eigenvalue weighted by molar-refractivity contribution is 4.79. The Morgan fingerprint density at radius 3 is 2.47 bits per heavy atom. The molecule has 1 atom stereocenters. The Labute approximate surface area is 94.6 Å². The fraction of sp³-hybridized carbons (Fsp3) is 1.00. The number of ether oxygens (including phenoxy) is 1. The molecule has 0 aromatic heterocycles. The SMILES string of the molecule is CCC1CCC(C(N)CCCOC)CC1. The summed E-state index contributed by atoms with van der Waals surface area (Å²) in [5, 5.41) is 0. The van der Waals surface area contributed by atoms with Crippen molar-refractivity contribution < 1.29 is 4.74 Å². The van der Waals surface area contributed by atoms with Gasteiger partial charge in [-0.2, -0.15) is 0 Å². The second-order valence-corrected chi connectivity index (χ2v) is 4.99. The summed E-state index contributed by atoms with van der Waals surface area (Å²) in [7, 11) is 1.76. The Balaban J connectivity index is 2.15. The number of hydrogen-bond donors (Lipinski definition) is 1. The average molecular weight is 213 g/mol. The molecular weight excluding hydrogens is 186 g/mol.